The number of esters is 1. The van der Waals surface area contributed by atoms with Crippen LogP contribution in [-0.2, 0) is 11.2 Å². The fraction of sp³-hybridized carbons (Fsp3) is 0.111. The summed E-state index contributed by atoms with van der Waals surface area (Å²) in [5.74, 6) is -0.360. The predicted octanol–water partition coefficient (Wildman–Crippen LogP) is 6.02. The summed E-state index contributed by atoms with van der Waals surface area (Å²) in [7, 11) is 0. The first-order chi connectivity index (χ1) is 15.2. The van der Waals surface area contributed by atoms with E-state index in [1.807, 2.05) is 91.0 Å². The maximum Gasteiger partial charge on any atom is 0.311 e. The van der Waals surface area contributed by atoms with E-state index in [4.69, 9.17) is 4.74 Å². The second-order valence-electron chi connectivity index (χ2n) is 7.30. The van der Waals surface area contributed by atoms with Gasteiger partial charge in [0.2, 0.25) is 0 Å². The number of carbonyl (C=O) groups is 2. The van der Waals surface area contributed by atoms with Crippen LogP contribution < -0.4 is 10.1 Å². The molecule has 4 rings (SSSR count). The molecule has 0 fully saturated rings. The molecular formula is C27H23NO3. The van der Waals surface area contributed by atoms with Gasteiger partial charge in [0.1, 0.15) is 0 Å². The van der Waals surface area contributed by atoms with Crippen LogP contribution in [0.3, 0.4) is 0 Å². The summed E-state index contributed by atoms with van der Waals surface area (Å²) in [6.45, 7) is 0. The molecular weight excluding hydrogens is 386 g/mol. The number of nitrogens with one attached hydrogen (secondary N) is 1. The van der Waals surface area contributed by atoms with E-state index in [2.05, 4.69) is 5.32 Å². The average Bonchev–Trinajstić information content (AvgIpc) is 2.80. The molecule has 0 heterocycles. The Balaban J connectivity index is 1.53. The molecule has 0 aromatic heterocycles. The highest BCUT2D eigenvalue weighted by atomic mass is 16.5. The van der Waals surface area contributed by atoms with E-state index < -0.39 is 0 Å². The fourth-order valence-corrected chi connectivity index (χ4v) is 3.50. The van der Waals surface area contributed by atoms with Crippen molar-refractivity contribution in [3.8, 4) is 5.75 Å². The van der Waals surface area contributed by atoms with Crippen LogP contribution in [0.5, 0.6) is 5.75 Å². The molecule has 0 spiro atoms. The Bertz CT molecular complexity index is 1190. The first kappa shape index (κ1) is 20.4. The minimum Gasteiger partial charge on any atom is -0.425 e. The van der Waals surface area contributed by atoms with Crippen molar-refractivity contribution < 1.29 is 14.3 Å². The molecule has 0 saturated heterocycles. The molecule has 1 N–H and O–H groups in total. The van der Waals surface area contributed by atoms with Crippen LogP contribution in [0.25, 0.3) is 10.8 Å². The maximum absolute atomic E-state index is 13.0. The van der Waals surface area contributed by atoms with Gasteiger partial charge in [-0.15, -0.1) is 0 Å². The normalized spacial score (nSPS) is 10.6. The van der Waals surface area contributed by atoms with E-state index in [1.165, 1.54) is 5.56 Å². The van der Waals surface area contributed by atoms with E-state index in [-0.39, 0.29) is 18.3 Å². The van der Waals surface area contributed by atoms with Crippen LogP contribution in [0.2, 0.25) is 0 Å². The van der Waals surface area contributed by atoms with E-state index in [9.17, 15) is 9.59 Å². The molecule has 4 heteroatoms. The van der Waals surface area contributed by atoms with Crippen molar-refractivity contribution in [3.63, 3.8) is 0 Å². The van der Waals surface area contributed by atoms with Gasteiger partial charge in [0, 0.05) is 17.5 Å². The lowest BCUT2D eigenvalue weighted by atomic mass is 10.0. The first-order valence-electron chi connectivity index (χ1n) is 10.3. The number of fused-ring (bicyclic) bond motifs is 1. The van der Waals surface area contributed by atoms with Crippen molar-refractivity contribution in [2.45, 2.75) is 19.3 Å². The second kappa shape index (κ2) is 9.72. The van der Waals surface area contributed by atoms with Crippen LogP contribution in [0, 0.1) is 0 Å². The molecule has 0 saturated carbocycles. The lowest BCUT2D eigenvalue weighted by Gasteiger charge is -2.13. The van der Waals surface area contributed by atoms with Gasteiger partial charge >= 0.3 is 5.97 Å². The van der Waals surface area contributed by atoms with E-state index in [1.54, 1.807) is 6.07 Å². The number of para-hydroxylation sites is 1. The molecule has 4 nitrogen and oxygen atoms in total. The van der Waals surface area contributed by atoms with Gasteiger partial charge in [0.25, 0.3) is 5.91 Å². The number of ether oxygens (including phenoxy) is 1. The fourth-order valence-electron chi connectivity index (χ4n) is 3.50. The Hall–Kier alpha value is -3.92. The van der Waals surface area contributed by atoms with Gasteiger partial charge in [0.15, 0.2) is 5.75 Å². The Morgan fingerprint density at radius 1 is 0.742 bits per heavy atom. The van der Waals surface area contributed by atoms with E-state index >= 15 is 0 Å². The number of amides is 1. The van der Waals surface area contributed by atoms with Gasteiger partial charge in [0.05, 0.1) is 5.56 Å². The van der Waals surface area contributed by atoms with Crippen molar-refractivity contribution in [2.24, 2.45) is 0 Å². The zero-order valence-electron chi connectivity index (χ0n) is 17.1. The quantitative estimate of drug-likeness (QED) is 0.300. The van der Waals surface area contributed by atoms with Crippen molar-refractivity contribution in [1.82, 2.24) is 0 Å². The van der Waals surface area contributed by atoms with Gasteiger partial charge in [-0.1, -0.05) is 78.9 Å². The van der Waals surface area contributed by atoms with E-state index in [0.717, 1.165) is 17.2 Å². The number of carbonyl (C=O) groups excluding carboxylic acids is 2. The SMILES string of the molecule is O=C(CCCc1ccccc1)Oc1c(C(=O)Nc2ccccc2)ccc2ccccc12. The van der Waals surface area contributed by atoms with Gasteiger partial charge in [-0.3, -0.25) is 9.59 Å². The number of rotatable bonds is 7. The number of benzene rings is 4. The number of anilines is 1. The highest BCUT2D eigenvalue weighted by Gasteiger charge is 2.19. The highest BCUT2D eigenvalue weighted by Crippen LogP contribution is 2.31. The summed E-state index contributed by atoms with van der Waals surface area (Å²) >= 11 is 0. The largest absolute Gasteiger partial charge is 0.425 e. The zero-order chi connectivity index (χ0) is 21.5. The number of hydrogen-bond donors (Lipinski definition) is 1. The summed E-state index contributed by atoms with van der Waals surface area (Å²) in [5, 5.41) is 4.51. The molecule has 4 aromatic rings. The molecule has 0 radical (unpaired) electrons. The van der Waals surface area contributed by atoms with Gasteiger partial charge in [-0.25, -0.2) is 0 Å². The van der Waals surface area contributed by atoms with Crippen LogP contribution in [0.15, 0.2) is 97.1 Å². The van der Waals surface area contributed by atoms with Crippen LogP contribution >= 0.6 is 0 Å². The van der Waals surface area contributed by atoms with E-state index in [0.29, 0.717) is 23.4 Å². The van der Waals surface area contributed by atoms with Crippen LogP contribution in [0.1, 0.15) is 28.8 Å². The standard InChI is InChI=1S/C27H23NO3/c29-25(17-9-12-20-10-3-1-4-11-20)31-26-23-16-8-7-13-21(23)18-19-24(26)27(30)28-22-14-5-2-6-15-22/h1-8,10-11,13-16,18-19H,9,12,17H2,(H,28,30). The van der Waals surface area contributed by atoms with Crippen molar-refractivity contribution in [2.75, 3.05) is 5.32 Å². The van der Waals surface area contributed by atoms with Crippen molar-refractivity contribution in [3.05, 3.63) is 108 Å². The van der Waals surface area contributed by atoms with Crippen molar-refractivity contribution in [1.29, 1.82) is 0 Å². The first-order valence-corrected chi connectivity index (χ1v) is 10.3. The highest BCUT2D eigenvalue weighted by molar-refractivity contribution is 6.10. The maximum atomic E-state index is 13.0. The predicted molar refractivity (Wildman–Crippen MR) is 123 cm³/mol. The lowest BCUT2D eigenvalue weighted by Crippen LogP contribution is -2.16. The second-order valence-corrected chi connectivity index (χ2v) is 7.30. The topological polar surface area (TPSA) is 55.4 Å². The third kappa shape index (κ3) is 5.17. The van der Waals surface area contributed by atoms with Gasteiger partial charge < -0.3 is 10.1 Å². The molecule has 154 valence electrons. The summed E-state index contributed by atoms with van der Waals surface area (Å²) in [6, 6.07) is 30.4. The third-order valence-corrected chi connectivity index (χ3v) is 5.06. The molecule has 0 unspecified atom stereocenters. The number of aryl methyl sites for hydroxylation is 1. The van der Waals surface area contributed by atoms with Gasteiger partial charge in [-0.2, -0.15) is 0 Å². The molecule has 0 aliphatic heterocycles. The summed E-state index contributed by atoms with van der Waals surface area (Å²) < 4.78 is 5.76. The number of hydrogen-bond acceptors (Lipinski definition) is 3. The monoisotopic (exact) mass is 409 g/mol. The Morgan fingerprint density at radius 2 is 1.42 bits per heavy atom. The minimum absolute atomic E-state index is 0.276. The molecule has 0 bridgehead atoms. The Morgan fingerprint density at radius 3 is 2.19 bits per heavy atom. The summed E-state index contributed by atoms with van der Waals surface area (Å²) in [5.41, 5.74) is 2.20. The summed E-state index contributed by atoms with van der Waals surface area (Å²) in [4.78, 5) is 25.6. The molecule has 0 aliphatic rings. The minimum atomic E-state index is -0.346. The Kier molecular flexibility index (Phi) is 6.38. The van der Waals surface area contributed by atoms with Gasteiger partial charge in [-0.05, 0) is 42.0 Å². The lowest BCUT2D eigenvalue weighted by molar-refractivity contribution is -0.134. The van der Waals surface area contributed by atoms with Crippen LogP contribution in [-0.4, -0.2) is 11.9 Å². The molecule has 0 aliphatic carbocycles. The molecule has 0 atom stereocenters. The summed E-state index contributed by atoms with van der Waals surface area (Å²) in [6.07, 6.45) is 1.75. The Labute approximate surface area is 181 Å². The average molecular weight is 409 g/mol. The van der Waals surface area contributed by atoms with Crippen LogP contribution in [0.4, 0.5) is 5.69 Å². The molecule has 31 heavy (non-hydrogen) atoms. The third-order valence-electron chi connectivity index (χ3n) is 5.06. The molecule has 1 amide bonds. The van der Waals surface area contributed by atoms with Crippen molar-refractivity contribution >= 4 is 28.3 Å². The zero-order valence-corrected chi connectivity index (χ0v) is 17.1. The molecule has 4 aromatic carbocycles. The smallest absolute Gasteiger partial charge is 0.311 e.